The fraction of sp³-hybridized carbons (Fsp3) is 0.0870. The molecule has 26 heavy (non-hydrogen) atoms. The van der Waals surface area contributed by atoms with Crippen LogP contribution >= 0.6 is 0 Å². The molecule has 3 aromatic carbocycles. The predicted octanol–water partition coefficient (Wildman–Crippen LogP) is 5.10. The van der Waals surface area contributed by atoms with Crippen molar-refractivity contribution >= 4 is 17.4 Å². The highest BCUT2D eigenvalue weighted by molar-refractivity contribution is 6.06. The molecule has 3 aromatic rings. The molecule has 1 amide bonds. The van der Waals surface area contributed by atoms with Gasteiger partial charge in [0.15, 0.2) is 0 Å². The SMILES string of the molecule is Cc1ccc(C2=CC(=O)N(c3ccccc3)C(c3ccccc3)O2)cc1. The second-order valence-corrected chi connectivity index (χ2v) is 6.30. The van der Waals surface area contributed by atoms with Crippen LogP contribution in [0.2, 0.25) is 0 Å². The lowest BCUT2D eigenvalue weighted by Crippen LogP contribution is -2.38. The molecular weight excluding hydrogens is 322 g/mol. The normalized spacial score (nSPS) is 16.8. The molecule has 3 heteroatoms. The van der Waals surface area contributed by atoms with E-state index in [-0.39, 0.29) is 5.91 Å². The van der Waals surface area contributed by atoms with E-state index in [9.17, 15) is 4.79 Å². The number of amides is 1. The molecule has 0 saturated heterocycles. The van der Waals surface area contributed by atoms with Gasteiger partial charge in [-0.05, 0) is 19.1 Å². The standard InChI is InChI=1S/C23H19NO2/c1-17-12-14-18(15-13-17)21-16-22(25)24(20-10-6-3-7-11-20)23(26-21)19-8-4-2-5-9-19/h2-16,23H,1H3. The Hall–Kier alpha value is -3.33. The molecule has 0 bridgehead atoms. The van der Waals surface area contributed by atoms with Crippen molar-refractivity contribution in [2.24, 2.45) is 0 Å². The molecule has 0 spiro atoms. The molecular formula is C23H19NO2. The summed E-state index contributed by atoms with van der Waals surface area (Å²) in [4.78, 5) is 14.7. The number of para-hydroxylation sites is 1. The summed E-state index contributed by atoms with van der Waals surface area (Å²) in [5.41, 5.74) is 3.81. The average molecular weight is 341 g/mol. The highest BCUT2D eigenvalue weighted by atomic mass is 16.5. The molecule has 1 aliphatic rings. The van der Waals surface area contributed by atoms with Gasteiger partial charge < -0.3 is 4.74 Å². The zero-order chi connectivity index (χ0) is 17.9. The topological polar surface area (TPSA) is 29.5 Å². The van der Waals surface area contributed by atoms with Crippen LogP contribution in [-0.4, -0.2) is 5.91 Å². The lowest BCUT2D eigenvalue weighted by atomic mass is 10.1. The number of nitrogens with zero attached hydrogens (tertiary/aromatic N) is 1. The Morgan fingerprint density at radius 3 is 2.08 bits per heavy atom. The third-order valence-electron chi connectivity index (χ3n) is 4.42. The van der Waals surface area contributed by atoms with Crippen molar-refractivity contribution in [1.29, 1.82) is 0 Å². The zero-order valence-corrected chi connectivity index (χ0v) is 14.5. The maximum absolute atomic E-state index is 13.0. The van der Waals surface area contributed by atoms with Gasteiger partial charge in [0.2, 0.25) is 6.23 Å². The van der Waals surface area contributed by atoms with Crippen LogP contribution in [0.4, 0.5) is 5.69 Å². The van der Waals surface area contributed by atoms with E-state index in [1.54, 1.807) is 11.0 Å². The Kier molecular flexibility index (Phi) is 4.28. The van der Waals surface area contributed by atoms with E-state index in [0.29, 0.717) is 5.76 Å². The number of hydrogen-bond donors (Lipinski definition) is 0. The molecule has 1 unspecified atom stereocenters. The van der Waals surface area contributed by atoms with Gasteiger partial charge in [0, 0.05) is 22.9 Å². The van der Waals surface area contributed by atoms with Gasteiger partial charge in [0.25, 0.3) is 5.91 Å². The zero-order valence-electron chi connectivity index (χ0n) is 14.5. The summed E-state index contributed by atoms with van der Waals surface area (Å²) in [6.07, 6.45) is 1.06. The van der Waals surface area contributed by atoms with Crippen LogP contribution in [0.3, 0.4) is 0 Å². The second kappa shape index (κ2) is 6.89. The minimum absolute atomic E-state index is 0.0909. The first kappa shape index (κ1) is 16.2. The number of benzene rings is 3. The third-order valence-corrected chi connectivity index (χ3v) is 4.42. The number of carbonyl (C=O) groups is 1. The van der Waals surface area contributed by atoms with Gasteiger partial charge in [-0.2, -0.15) is 0 Å². The van der Waals surface area contributed by atoms with Gasteiger partial charge in [-0.1, -0.05) is 78.4 Å². The Balaban J connectivity index is 1.78. The van der Waals surface area contributed by atoms with Crippen LogP contribution in [0.15, 0.2) is 91.0 Å². The van der Waals surface area contributed by atoms with Crippen molar-refractivity contribution in [3.8, 4) is 0 Å². The molecule has 0 aliphatic carbocycles. The van der Waals surface area contributed by atoms with Crippen LogP contribution in [0.1, 0.15) is 22.9 Å². The molecule has 0 saturated carbocycles. The fourth-order valence-corrected chi connectivity index (χ4v) is 3.06. The molecule has 0 aromatic heterocycles. The number of aryl methyl sites for hydroxylation is 1. The summed E-state index contributed by atoms with van der Waals surface area (Å²) in [6, 6.07) is 27.4. The lowest BCUT2D eigenvalue weighted by Gasteiger charge is -2.35. The first-order valence-electron chi connectivity index (χ1n) is 8.61. The fourth-order valence-electron chi connectivity index (χ4n) is 3.06. The minimum Gasteiger partial charge on any atom is -0.465 e. The lowest BCUT2D eigenvalue weighted by molar-refractivity contribution is -0.117. The van der Waals surface area contributed by atoms with E-state index in [1.165, 1.54) is 5.56 Å². The van der Waals surface area contributed by atoms with Crippen molar-refractivity contribution < 1.29 is 9.53 Å². The number of rotatable bonds is 3. The number of carbonyl (C=O) groups excluding carboxylic acids is 1. The number of hydrogen-bond acceptors (Lipinski definition) is 2. The number of anilines is 1. The molecule has 0 N–H and O–H groups in total. The van der Waals surface area contributed by atoms with E-state index in [2.05, 4.69) is 0 Å². The second-order valence-electron chi connectivity index (χ2n) is 6.30. The van der Waals surface area contributed by atoms with Crippen LogP contribution in [0, 0.1) is 6.92 Å². The van der Waals surface area contributed by atoms with Gasteiger partial charge >= 0.3 is 0 Å². The molecule has 1 aliphatic heterocycles. The van der Waals surface area contributed by atoms with E-state index >= 15 is 0 Å². The van der Waals surface area contributed by atoms with Gasteiger partial charge in [0.1, 0.15) is 5.76 Å². The Morgan fingerprint density at radius 2 is 1.42 bits per heavy atom. The van der Waals surface area contributed by atoms with Gasteiger partial charge in [-0.25, -0.2) is 0 Å². The monoisotopic (exact) mass is 341 g/mol. The molecule has 1 heterocycles. The van der Waals surface area contributed by atoms with Crippen LogP contribution in [0.5, 0.6) is 0 Å². The Bertz CT molecular complexity index is 931. The summed E-state index contributed by atoms with van der Waals surface area (Å²) in [6.45, 7) is 2.04. The maximum atomic E-state index is 13.0. The molecule has 0 radical (unpaired) electrons. The molecule has 4 rings (SSSR count). The van der Waals surface area contributed by atoms with E-state index in [1.807, 2.05) is 91.9 Å². The minimum atomic E-state index is -0.507. The van der Waals surface area contributed by atoms with Crippen molar-refractivity contribution in [2.45, 2.75) is 13.2 Å². The molecule has 0 fully saturated rings. The Labute approximate surface area is 153 Å². The maximum Gasteiger partial charge on any atom is 0.257 e. The molecule has 3 nitrogen and oxygen atoms in total. The van der Waals surface area contributed by atoms with Crippen molar-refractivity contribution in [1.82, 2.24) is 0 Å². The third kappa shape index (κ3) is 3.11. The van der Waals surface area contributed by atoms with Crippen molar-refractivity contribution in [3.63, 3.8) is 0 Å². The quantitative estimate of drug-likeness (QED) is 0.663. The average Bonchev–Trinajstić information content (AvgIpc) is 2.69. The summed E-state index contributed by atoms with van der Waals surface area (Å²) in [5, 5.41) is 0. The van der Waals surface area contributed by atoms with E-state index < -0.39 is 6.23 Å². The predicted molar refractivity (Wildman–Crippen MR) is 103 cm³/mol. The summed E-state index contributed by atoms with van der Waals surface area (Å²) < 4.78 is 6.30. The van der Waals surface area contributed by atoms with E-state index in [0.717, 1.165) is 16.8 Å². The van der Waals surface area contributed by atoms with Crippen LogP contribution < -0.4 is 4.90 Å². The van der Waals surface area contributed by atoms with Crippen LogP contribution in [-0.2, 0) is 9.53 Å². The van der Waals surface area contributed by atoms with Gasteiger partial charge in [-0.15, -0.1) is 0 Å². The summed E-state index contributed by atoms with van der Waals surface area (Å²) in [7, 11) is 0. The molecule has 1 atom stereocenters. The van der Waals surface area contributed by atoms with Gasteiger partial charge in [-0.3, -0.25) is 9.69 Å². The first-order chi connectivity index (χ1) is 12.7. The summed E-state index contributed by atoms with van der Waals surface area (Å²) in [5.74, 6) is 0.503. The largest absolute Gasteiger partial charge is 0.465 e. The molecule has 128 valence electrons. The van der Waals surface area contributed by atoms with E-state index in [4.69, 9.17) is 4.74 Å². The highest BCUT2D eigenvalue weighted by Crippen LogP contribution is 2.36. The van der Waals surface area contributed by atoms with Crippen molar-refractivity contribution in [3.05, 3.63) is 108 Å². The van der Waals surface area contributed by atoms with Crippen LogP contribution in [0.25, 0.3) is 5.76 Å². The highest BCUT2D eigenvalue weighted by Gasteiger charge is 2.32. The number of ether oxygens (including phenoxy) is 1. The van der Waals surface area contributed by atoms with Gasteiger partial charge in [0.05, 0.1) is 0 Å². The Morgan fingerprint density at radius 1 is 0.808 bits per heavy atom. The smallest absolute Gasteiger partial charge is 0.257 e. The van der Waals surface area contributed by atoms with Crippen molar-refractivity contribution in [2.75, 3.05) is 4.90 Å². The first-order valence-corrected chi connectivity index (χ1v) is 8.61. The summed E-state index contributed by atoms with van der Waals surface area (Å²) >= 11 is 0.